The van der Waals surface area contributed by atoms with Gasteiger partial charge >= 0.3 is 0 Å². The second kappa shape index (κ2) is 6.51. The van der Waals surface area contributed by atoms with Gasteiger partial charge in [-0.25, -0.2) is 12.8 Å². The molecule has 0 spiro atoms. The Hall–Kier alpha value is -1.18. The first kappa shape index (κ1) is 16.9. The lowest BCUT2D eigenvalue weighted by Gasteiger charge is -2.14. The van der Waals surface area contributed by atoms with E-state index in [4.69, 9.17) is 15.4 Å². The average molecular weight is 324 g/mol. The molecule has 1 N–H and O–H groups in total. The highest BCUT2D eigenvalue weighted by Crippen LogP contribution is 2.22. The van der Waals surface area contributed by atoms with Crippen molar-refractivity contribution < 1.29 is 22.3 Å². The van der Waals surface area contributed by atoms with Gasteiger partial charge in [-0.2, -0.15) is 0 Å². The van der Waals surface area contributed by atoms with E-state index in [1.807, 2.05) is 0 Å². The standard InChI is InChI=1S/C12H15ClFNO4S/c1-7-4-9(20(13,17)18)5-10(11(7)14)12(16)15-8(2)6-19-3/h4-5,8H,6H2,1-3H3,(H,15,16). The summed E-state index contributed by atoms with van der Waals surface area (Å²) in [6, 6.07) is 1.65. The normalized spacial score (nSPS) is 13.1. The Morgan fingerprint density at radius 2 is 2.10 bits per heavy atom. The molecule has 0 aliphatic rings. The number of carbonyl (C=O) groups excluding carboxylic acids is 1. The SMILES string of the molecule is COCC(C)NC(=O)c1cc(S(=O)(=O)Cl)cc(C)c1F. The maximum absolute atomic E-state index is 13.9. The number of hydrogen-bond donors (Lipinski definition) is 1. The maximum Gasteiger partial charge on any atom is 0.261 e. The summed E-state index contributed by atoms with van der Waals surface area (Å²) in [4.78, 5) is 11.6. The zero-order valence-corrected chi connectivity index (χ0v) is 12.8. The van der Waals surface area contributed by atoms with Crippen LogP contribution in [0.5, 0.6) is 0 Å². The Labute approximate surface area is 121 Å². The fourth-order valence-corrected chi connectivity index (χ4v) is 2.48. The van der Waals surface area contributed by atoms with E-state index < -0.39 is 20.8 Å². The lowest BCUT2D eigenvalue weighted by molar-refractivity contribution is 0.0901. The van der Waals surface area contributed by atoms with Crippen molar-refractivity contribution in [3.63, 3.8) is 0 Å². The first-order chi connectivity index (χ1) is 9.16. The van der Waals surface area contributed by atoms with E-state index in [1.165, 1.54) is 14.0 Å². The predicted molar refractivity (Wildman–Crippen MR) is 73.0 cm³/mol. The molecule has 0 radical (unpaired) electrons. The summed E-state index contributed by atoms with van der Waals surface area (Å²) in [6.07, 6.45) is 0. The number of rotatable bonds is 5. The van der Waals surface area contributed by atoms with Crippen LogP contribution in [0.15, 0.2) is 17.0 Å². The summed E-state index contributed by atoms with van der Waals surface area (Å²) in [5.41, 5.74) is -0.344. The van der Waals surface area contributed by atoms with Gasteiger partial charge in [-0.1, -0.05) is 0 Å². The summed E-state index contributed by atoms with van der Waals surface area (Å²) in [6.45, 7) is 3.28. The molecular weight excluding hydrogens is 309 g/mol. The molecule has 0 heterocycles. The van der Waals surface area contributed by atoms with E-state index in [9.17, 15) is 17.6 Å². The van der Waals surface area contributed by atoms with E-state index in [1.54, 1.807) is 6.92 Å². The number of aryl methyl sites for hydroxylation is 1. The first-order valence-corrected chi connectivity index (χ1v) is 8.02. The molecule has 0 aromatic heterocycles. The van der Waals surface area contributed by atoms with Crippen LogP contribution < -0.4 is 5.32 Å². The van der Waals surface area contributed by atoms with Crippen LogP contribution >= 0.6 is 10.7 Å². The molecule has 112 valence electrons. The minimum absolute atomic E-state index is 0.0243. The second-order valence-corrected chi connectivity index (χ2v) is 6.94. The van der Waals surface area contributed by atoms with Gasteiger partial charge < -0.3 is 10.1 Å². The highest BCUT2D eigenvalue weighted by atomic mass is 35.7. The van der Waals surface area contributed by atoms with Crippen molar-refractivity contribution in [3.05, 3.63) is 29.1 Å². The van der Waals surface area contributed by atoms with Crippen LogP contribution in [0.3, 0.4) is 0 Å². The van der Waals surface area contributed by atoms with Crippen molar-refractivity contribution in [1.82, 2.24) is 5.32 Å². The van der Waals surface area contributed by atoms with Crippen LogP contribution in [0.2, 0.25) is 0 Å². The van der Waals surface area contributed by atoms with Gasteiger partial charge in [0.05, 0.1) is 17.1 Å². The van der Waals surface area contributed by atoms with Crippen molar-refractivity contribution in [2.75, 3.05) is 13.7 Å². The molecule has 8 heteroatoms. The minimum atomic E-state index is -4.04. The molecular formula is C12H15ClFNO4S. The highest BCUT2D eigenvalue weighted by molar-refractivity contribution is 8.13. The van der Waals surface area contributed by atoms with E-state index in [-0.39, 0.29) is 28.7 Å². The second-order valence-electron chi connectivity index (χ2n) is 4.37. The number of methoxy groups -OCH3 is 1. The van der Waals surface area contributed by atoms with E-state index in [2.05, 4.69) is 5.32 Å². The van der Waals surface area contributed by atoms with Crippen molar-refractivity contribution in [1.29, 1.82) is 0 Å². The molecule has 1 rings (SSSR count). The number of hydrogen-bond acceptors (Lipinski definition) is 4. The Morgan fingerprint density at radius 3 is 2.60 bits per heavy atom. The Bertz CT molecular complexity index is 618. The van der Waals surface area contributed by atoms with E-state index in [0.717, 1.165) is 12.1 Å². The lowest BCUT2D eigenvalue weighted by atomic mass is 10.1. The van der Waals surface area contributed by atoms with Gasteiger partial charge in [0.15, 0.2) is 0 Å². The smallest absolute Gasteiger partial charge is 0.261 e. The molecule has 0 aliphatic carbocycles. The Kier molecular flexibility index (Phi) is 5.50. The van der Waals surface area contributed by atoms with E-state index in [0.29, 0.717) is 0 Å². The average Bonchev–Trinajstić information content (AvgIpc) is 2.31. The molecule has 20 heavy (non-hydrogen) atoms. The zero-order chi connectivity index (χ0) is 15.5. The minimum Gasteiger partial charge on any atom is -0.383 e. The summed E-state index contributed by atoms with van der Waals surface area (Å²) in [5, 5.41) is 2.50. The zero-order valence-electron chi connectivity index (χ0n) is 11.2. The Morgan fingerprint density at radius 1 is 1.50 bits per heavy atom. The summed E-state index contributed by atoms with van der Waals surface area (Å²) >= 11 is 0. The number of ether oxygens (including phenoxy) is 1. The largest absolute Gasteiger partial charge is 0.383 e. The molecule has 0 bridgehead atoms. The number of halogens is 2. The van der Waals surface area contributed by atoms with Gasteiger partial charge in [0, 0.05) is 23.8 Å². The third-order valence-electron chi connectivity index (χ3n) is 2.55. The van der Waals surface area contributed by atoms with Crippen LogP contribution in [0.1, 0.15) is 22.8 Å². The quantitative estimate of drug-likeness (QED) is 0.839. The molecule has 1 aromatic rings. The molecule has 5 nitrogen and oxygen atoms in total. The topological polar surface area (TPSA) is 72.5 Å². The summed E-state index contributed by atoms with van der Waals surface area (Å²) in [7, 11) is 2.64. The van der Waals surface area contributed by atoms with Crippen LogP contribution in [0.4, 0.5) is 4.39 Å². The third kappa shape index (κ3) is 4.16. The highest BCUT2D eigenvalue weighted by Gasteiger charge is 2.21. The van der Waals surface area contributed by atoms with Gasteiger partial charge in [0.1, 0.15) is 5.82 Å². The first-order valence-electron chi connectivity index (χ1n) is 5.71. The molecule has 0 saturated heterocycles. The van der Waals surface area contributed by atoms with Gasteiger partial charge in [-0.05, 0) is 31.5 Å². The van der Waals surface area contributed by atoms with Crippen molar-refractivity contribution in [2.45, 2.75) is 24.8 Å². The van der Waals surface area contributed by atoms with Crippen molar-refractivity contribution >= 4 is 25.6 Å². The molecule has 0 saturated carbocycles. The number of carbonyl (C=O) groups is 1. The van der Waals surface area contributed by atoms with Crippen molar-refractivity contribution in [3.8, 4) is 0 Å². The molecule has 1 aromatic carbocycles. The number of benzene rings is 1. The molecule has 1 unspecified atom stereocenters. The van der Waals surface area contributed by atoms with Crippen LogP contribution in [0.25, 0.3) is 0 Å². The van der Waals surface area contributed by atoms with E-state index >= 15 is 0 Å². The molecule has 0 aliphatic heterocycles. The fourth-order valence-electron chi connectivity index (χ4n) is 1.64. The maximum atomic E-state index is 13.9. The lowest BCUT2D eigenvalue weighted by Crippen LogP contribution is -2.36. The molecule has 0 fully saturated rings. The van der Waals surface area contributed by atoms with Gasteiger partial charge in [-0.15, -0.1) is 0 Å². The van der Waals surface area contributed by atoms with Crippen LogP contribution in [-0.4, -0.2) is 34.1 Å². The molecule has 1 atom stereocenters. The molecule has 1 amide bonds. The fraction of sp³-hybridized carbons (Fsp3) is 0.417. The van der Waals surface area contributed by atoms with Crippen molar-refractivity contribution in [2.24, 2.45) is 0 Å². The monoisotopic (exact) mass is 323 g/mol. The van der Waals surface area contributed by atoms with Gasteiger partial charge in [-0.3, -0.25) is 4.79 Å². The summed E-state index contributed by atoms with van der Waals surface area (Å²) < 4.78 is 41.3. The predicted octanol–water partition coefficient (Wildman–Crippen LogP) is 1.83. The van der Waals surface area contributed by atoms with Crippen LogP contribution in [-0.2, 0) is 13.8 Å². The number of nitrogens with one attached hydrogen (secondary N) is 1. The van der Waals surface area contributed by atoms with Crippen LogP contribution in [0, 0.1) is 12.7 Å². The van der Waals surface area contributed by atoms with Gasteiger partial charge in [0.25, 0.3) is 15.0 Å². The summed E-state index contributed by atoms with van der Waals surface area (Å²) in [5.74, 6) is -1.51. The van der Waals surface area contributed by atoms with Gasteiger partial charge in [0.2, 0.25) is 0 Å². The number of amides is 1. The third-order valence-corrected chi connectivity index (χ3v) is 3.88. The Balaban J connectivity index is 3.17.